The maximum absolute atomic E-state index is 13.1. The number of aryl methyl sites for hydroxylation is 1. The number of anilines is 1. The van der Waals surface area contributed by atoms with Crippen molar-refractivity contribution < 1.29 is 23.6 Å². The lowest BCUT2D eigenvalue weighted by atomic mass is 10.1. The number of hydrogen-bond donors (Lipinski definition) is 7. The highest BCUT2D eigenvalue weighted by atomic mass is 16.4. The van der Waals surface area contributed by atoms with Gasteiger partial charge in [-0.25, -0.2) is 4.79 Å². The first kappa shape index (κ1) is 31.8. The number of carbonyl (C=O) groups is 4. The molecule has 40 heavy (non-hydrogen) atoms. The fraction of sp³-hybridized carbons (Fsp3) is 0.462. The number of nitrogens with one attached hydrogen (secondary N) is 4. The van der Waals surface area contributed by atoms with E-state index in [2.05, 4.69) is 26.3 Å². The van der Waals surface area contributed by atoms with Gasteiger partial charge in [0.2, 0.25) is 23.6 Å². The number of nitrogens with zero attached hydrogens (tertiary/aromatic N) is 1. The predicted molar refractivity (Wildman–Crippen MR) is 151 cm³/mol. The predicted octanol–water partition coefficient (Wildman–Crippen LogP) is -0.672. The Morgan fingerprint density at radius 1 is 1.00 bits per heavy atom. The summed E-state index contributed by atoms with van der Waals surface area (Å²) >= 11 is 0. The third kappa shape index (κ3) is 11.1. The maximum Gasteiger partial charge on any atom is 0.336 e. The zero-order valence-electron chi connectivity index (χ0n) is 22.7. The van der Waals surface area contributed by atoms with Crippen LogP contribution >= 0.6 is 0 Å². The Morgan fingerprint density at radius 3 is 2.45 bits per heavy atom. The molecule has 14 nitrogen and oxygen atoms in total. The molecule has 10 N–H and O–H groups in total. The largest absolute Gasteiger partial charge is 0.423 e. The van der Waals surface area contributed by atoms with Gasteiger partial charge in [-0.1, -0.05) is 0 Å². The van der Waals surface area contributed by atoms with Gasteiger partial charge in [0.05, 0.1) is 12.6 Å². The summed E-state index contributed by atoms with van der Waals surface area (Å²) < 4.78 is 5.24. The van der Waals surface area contributed by atoms with E-state index in [1.165, 1.54) is 19.1 Å². The number of fused-ring (bicyclic) bond motifs is 1. The smallest absolute Gasteiger partial charge is 0.336 e. The third-order valence-electron chi connectivity index (χ3n) is 5.89. The minimum absolute atomic E-state index is 0.0503. The van der Waals surface area contributed by atoms with Crippen molar-refractivity contribution in [2.75, 3.05) is 25.0 Å². The molecule has 4 amide bonds. The summed E-state index contributed by atoms with van der Waals surface area (Å²) in [6.07, 6.45) is 2.19. The standard InChI is InChI=1S/C26H38N8O6/c1-15-12-23(37)40-21-13-17(8-9-18(15)21)33-25(39)20(7-3-4-10-30-16(2)35)34-22(36)14-32-24(38)19(27)6-5-11-31-26(28)29/h8-9,12-13,19-20H,3-7,10-11,14,27H2,1-2H3,(H,30,35)(H,32,38)(H,33,39)(H,34,36)(H4,28,29,31)/t19-,20-/m0/s1. The zero-order valence-corrected chi connectivity index (χ0v) is 22.7. The average Bonchev–Trinajstić information content (AvgIpc) is 2.88. The molecule has 0 fully saturated rings. The lowest BCUT2D eigenvalue weighted by Gasteiger charge is -2.19. The summed E-state index contributed by atoms with van der Waals surface area (Å²) in [6, 6.07) is 4.51. The number of carbonyl (C=O) groups excluding carboxylic acids is 4. The Kier molecular flexibility index (Phi) is 12.6. The van der Waals surface area contributed by atoms with Gasteiger partial charge < -0.3 is 42.9 Å². The minimum Gasteiger partial charge on any atom is -0.423 e. The Balaban J connectivity index is 1.99. The molecule has 218 valence electrons. The van der Waals surface area contributed by atoms with Gasteiger partial charge in [0.25, 0.3) is 0 Å². The summed E-state index contributed by atoms with van der Waals surface area (Å²) in [5.41, 5.74) is 17.3. The second-order valence-electron chi connectivity index (χ2n) is 9.32. The van der Waals surface area contributed by atoms with Gasteiger partial charge in [0.1, 0.15) is 11.6 Å². The highest BCUT2D eigenvalue weighted by Crippen LogP contribution is 2.21. The molecule has 0 spiro atoms. The second-order valence-corrected chi connectivity index (χ2v) is 9.32. The number of nitrogens with two attached hydrogens (primary N) is 3. The van der Waals surface area contributed by atoms with E-state index < -0.39 is 35.4 Å². The van der Waals surface area contributed by atoms with Crippen LogP contribution in [0, 0.1) is 6.92 Å². The molecule has 0 bridgehead atoms. The molecule has 1 aromatic heterocycles. The first-order valence-corrected chi connectivity index (χ1v) is 12.9. The number of hydrogen-bond acceptors (Lipinski definition) is 8. The van der Waals surface area contributed by atoms with Crippen molar-refractivity contribution in [1.82, 2.24) is 16.0 Å². The third-order valence-corrected chi connectivity index (χ3v) is 5.89. The summed E-state index contributed by atoms with van der Waals surface area (Å²) in [7, 11) is 0. The molecule has 0 unspecified atom stereocenters. The van der Waals surface area contributed by atoms with Gasteiger partial charge in [-0.2, -0.15) is 0 Å². The van der Waals surface area contributed by atoms with Crippen LogP contribution in [0.5, 0.6) is 0 Å². The molecule has 1 aromatic carbocycles. The van der Waals surface area contributed by atoms with Gasteiger partial charge in [0.15, 0.2) is 5.96 Å². The Morgan fingerprint density at radius 2 is 1.75 bits per heavy atom. The van der Waals surface area contributed by atoms with Crippen LogP contribution in [0.1, 0.15) is 44.6 Å². The van der Waals surface area contributed by atoms with Gasteiger partial charge in [0, 0.05) is 43.2 Å². The van der Waals surface area contributed by atoms with E-state index >= 15 is 0 Å². The van der Waals surface area contributed by atoms with Crippen molar-refractivity contribution >= 4 is 46.2 Å². The normalized spacial score (nSPS) is 12.2. The van der Waals surface area contributed by atoms with Crippen LogP contribution in [0.3, 0.4) is 0 Å². The number of aliphatic imine (C=N–C) groups is 1. The SMILES string of the molecule is CC(=O)NCCCC[C@H](NC(=O)CNC(=O)[C@@H](N)CCCN=C(N)N)C(=O)Nc1ccc2c(C)cc(=O)oc2c1. The maximum atomic E-state index is 13.1. The van der Waals surface area contributed by atoms with Gasteiger partial charge in [-0.05, 0) is 56.7 Å². The van der Waals surface area contributed by atoms with Crippen LogP contribution in [-0.4, -0.2) is 61.3 Å². The molecule has 0 aliphatic rings. The van der Waals surface area contributed by atoms with Crippen molar-refractivity contribution in [3.63, 3.8) is 0 Å². The number of unbranched alkanes of at least 4 members (excludes halogenated alkanes) is 1. The molecule has 0 saturated carbocycles. The van der Waals surface area contributed by atoms with E-state index in [1.54, 1.807) is 19.1 Å². The topological polar surface area (TPSA) is 237 Å². The molecule has 0 radical (unpaired) electrons. The number of benzene rings is 1. The van der Waals surface area contributed by atoms with Crippen molar-refractivity contribution in [2.24, 2.45) is 22.2 Å². The van der Waals surface area contributed by atoms with Crippen LogP contribution < -0.4 is 44.1 Å². The number of rotatable bonds is 15. The summed E-state index contributed by atoms with van der Waals surface area (Å²) in [5, 5.41) is 11.2. The quantitative estimate of drug-likeness (QED) is 0.0634. The second kappa shape index (κ2) is 15.8. The molecule has 14 heteroatoms. The first-order valence-electron chi connectivity index (χ1n) is 12.9. The van der Waals surface area contributed by atoms with E-state index in [0.29, 0.717) is 50.0 Å². The van der Waals surface area contributed by atoms with Crippen LogP contribution in [-0.2, 0) is 19.2 Å². The van der Waals surface area contributed by atoms with Crippen LogP contribution in [0.2, 0.25) is 0 Å². The Bertz CT molecular complexity index is 1290. The summed E-state index contributed by atoms with van der Waals surface area (Å²) in [5.74, 6) is -1.81. The van der Waals surface area contributed by atoms with Crippen molar-refractivity contribution in [3.05, 3.63) is 40.2 Å². The van der Waals surface area contributed by atoms with Crippen molar-refractivity contribution in [3.8, 4) is 0 Å². The van der Waals surface area contributed by atoms with Crippen LogP contribution in [0.25, 0.3) is 11.0 Å². The molecule has 2 rings (SSSR count). The van der Waals surface area contributed by atoms with E-state index in [-0.39, 0.29) is 24.8 Å². The first-order chi connectivity index (χ1) is 19.0. The molecule has 0 aliphatic carbocycles. The molecule has 1 heterocycles. The highest BCUT2D eigenvalue weighted by Gasteiger charge is 2.22. The molecule has 2 aromatic rings. The summed E-state index contributed by atoms with van der Waals surface area (Å²) in [6.45, 7) is 3.57. The highest BCUT2D eigenvalue weighted by molar-refractivity contribution is 5.99. The van der Waals surface area contributed by atoms with Crippen molar-refractivity contribution in [2.45, 2.75) is 58.0 Å². The number of guanidine groups is 1. The lowest BCUT2D eigenvalue weighted by molar-refractivity contribution is -0.128. The monoisotopic (exact) mass is 558 g/mol. The fourth-order valence-corrected chi connectivity index (χ4v) is 3.83. The van der Waals surface area contributed by atoms with Crippen LogP contribution in [0.4, 0.5) is 5.69 Å². The van der Waals surface area contributed by atoms with Crippen LogP contribution in [0.15, 0.2) is 38.5 Å². The van der Waals surface area contributed by atoms with Gasteiger partial charge in [-0.3, -0.25) is 24.2 Å². The Hall–Kier alpha value is -4.46. The van der Waals surface area contributed by atoms with Crippen molar-refractivity contribution in [1.29, 1.82) is 0 Å². The molecule has 0 saturated heterocycles. The minimum atomic E-state index is -0.935. The fourth-order valence-electron chi connectivity index (χ4n) is 3.83. The summed E-state index contributed by atoms with van der Waals surface area (Å²) in [4.78, 5) is 64.6. The van der Waals surface area contributed by atoms with E-state index in [0.717, 1.165) is 10.9 Å². The average molecular weight is 559 g/mol. The molecule has 0 aliphatic heterocycles. The Labute approximate surface area is 231 Å². The molecular weight excluding hydrogens is 520 g/mol. The lowest BCUT2D eigenvalue weighted by Crippen LogP contribution is -2.49. The van der Waals surface area contributed by atoms with E-state index in [4.69, 9.17) is 21.6 Å². The zero-order chi connectivity index (χ0) is 29.7. The molecule has 2 atom stereocenters. The number of amides is 4. The van der Waals surface area contributed by atoms with E-state index in [9.17, 15) is 24.0 Å². The van der Waals surface area contributed by atoms with Gasteiger partial charge >= 0.3 is 5.63 Å². The van der Waals surface area contributed by atoms with Gasteiger partial charge in [-0.15, -0.1) is 0 Å². The van der Waals surface area contributed by atoms with E-state index in [1.807, 2.05) is 0 Å². The molecular formula is C26H38N8O6.